The van der Waals surface area contributed by atoms with E-state index in [4.69, 9.17) is 4.74 Å². The summed E-state index contributed by atoms with van der Waals surface area (Å²) in [7, 11) is 0. The number of rotatable bonds is 4. The highest BCUT2D eigenvalue weighted by Gasteiger charge is 2.11. The van der Waals surface area contributed by atoms with Crippen LogP contribution in [0.2, 0.25) is 0 Å². The lowest BCUT2D eigenvalue weighted by atomic mass is 10.0. The van der Waals surface area contributed by atoms with Crippen LogP contribution in [0.1, 0.15) is 58.8 Å². The van der Waals surface area contributed by atoms with Gasteiger partial charge in [-0.25, -0.2) is 0 Å². The van der Waals surface area contributed by atoms with E-state index in [-0.39, 0.29) is 0 Å². The van der Waals surface area contributed by atoms with Crippen molar-refractivity contribution >= 4 is 0 Å². The second-order valence-corrected chi connectivity index (χ2v) is 4.67. The summed E-state index contributed by atoms with van der Waals surface area (Å²) < 4.78 is 5.78. The standard InChI is InChI=1S/C12H24O/c1-11(2)7-6-9-12-8-4-3-5-10-13-12/h11-12H,3-10H2,1-2H3. The van der Waals surface area contributed by atoms with Crippen molar-refractivity contribution in [1.82, 2.24) is 0 Å². The Bertz CT molecular complexity index is 112. The maximum Gasteiger partial charge on any atom is 0.0575 e. The fourth-order valence-corrected chi connectivity index (χ4v) is 1.97. The number of hydrogen-bond acceptors (Lipinski definition) is 1. The molecule has 1 aliphatic rings. The van der Waals surface area contributed by atoms with Crippen LogP contribution in [-0.4, -0.2) is 12.7 Å². The van der Waals surface area contributed by atoms with Gasteiger partial charge >= 0.3 is 0 Å². The molecule has 0 spiro atoms. The van der Waals surface area contributed by atoms with Crippen LogP contribution in [0, 0.1) is 5.92 Å². The van der Waals surface area contributed by atoms with Gasteiger partial charge in [-0.2, -0.15) is 0 Å². The van der Waals surface area contributed by atoms with Crippen LogP contribution >= 0.6 is 0 Å². The van der Waals surface area contributed by atoms with Gasteiger partial charge in [0.05, 0.1) is 6.10 Å². The first-order valence-electron chi connectivity index (χ1n) is 5.90. The average Bonchev–Trinajstić information content (AvgIpc) is 2.32. The summed E-state index contributed by atoms with van der Waals surface area (Å²) in [6.45, 7) is 5.61. The van der Waals surface area contributed by atoms with Crippen LogP contribution in [0.15, 0.2) is 0 Å². The Hall–Kier alpha value is -0.0400. The molecule has 1 nitrogen and oxygen atoms in total. The highest BCUT2D eigenvalue weighted by Crippen LogP contribution is 2.18. The van der Waals surface area contributed by atoms with Gasteiger partial charge in [-0.15, -0.1) is 0 Å². The molecule has 1 fully saturated rings. The van der Waals surface area contributed by atoms with Gasteiger partial charge in [0.2, 0.25) is 0 Å². The van der Waals surface area contributed by atoms with E-state index in [0.717, 1.165) is 12.5 Å². The molecule has 13 heavy (non-hydrogen) atoms. The number of ether oxygens (including phenoxy) is 1. The quantitative estimate of drug-likeness (QED) is 0.646. The molecule has 0 bridgehead atoms. The normalized spacial score (nSPS) is 24.7. The maximum absolute atomic E-state index is 5.78. The molecular weight excluding hydrogens is 160 g/mol. The van der Waals surface area contributed by atoms with Crippen LogP contribution in [-0.2, 0) is 4.74 Å². The fourth-order valence-electron chi connectivity index (χ4n) is 1.97. The Morgan fingerprint density at radius 2 is 2.08 bits per heavy atom. The second kappa shape index (κ2) is 6.42. The first kappa shape index (κ1) is 11.0. The Morgan fingerprint density at radius 1 is 1.23 bits per heavy atom. The fraction of sp³-hybridized carbons (Fsp3) is 1.00. The lowest BCUT2D eigenvalue weighted by molar-refractivity contribution is 0.0505. The largest absolute Gasteiger partial charge is 0.378 e. The van der Waals surface area contributed by atoms with E-state index in [0.29, 0.717) is 6.10 Å². The van der Waals surface area contributed by atoms with E-state index >= 15 is 0 Å². The van der Waals surface area contributed by atoms with Crippen LogP contribution in [0.5, 0.6) is 0 Å². The Kier molecular flexibility index (Phi) is 5.45. The Balaban J connectivity index is 2.05. The molecule has 1 atom stereocenters. The molecule has 0 radical (unpaired) electrons. The van der Waals surface area contributed by atoms with Crippen LogP contribution in [0.25, 0.3) is 0 Å². The monoisotopic (exact) mass is 184 g/mol. The van der Waals surface area contributed by atoms with Crippen molar-refractivity contribution in [1.29, 1.82) is 0 Å². The molecule has 0 aromatic carbocycles. The summed E-state index contributed by atoms with van der Waals surface area (Å²) in [5.74, 6) is 0.853. The zero-order valence-electron chi connectivity index (χ0n) is 9.22. The van der Waals surface area contributed by atoms with E-state index in [1.807, 2.05) is 0 Å². The van der Waals surface area contributed by atoms with Crippen molar-refractivity contribution < 1.29 is 4.74 Å². The Labute approximate surface area is 82.9 Å². The van der Waals surface area contributed by atoms with Crippen LogP contribution < -0.4 is 0 Å². The molecule has 1 rings (SSSR count). The molecule has 0 amide bonds. The maximum atomic E-state index is 5.78. The van der Waals surface area contributed by atoms with E-state index < -0.39 is 0 Å². The summed E-state index contributed by atoms with van der Waals surface area (Å²) >= 11 is 0. The van der Waals surface area contributed by atoms with E-state index in [1.165, 1.54) is 44.9 Å². The summed E-state index contributed by atoms with van der Waals surface area (Å²) in [5.41, 5.74) is 0. The molecule has 0 aromatic heterocycles. The predicted molar refractivity (Wildman–Crippen MR) is 56.9 cm³/mol. The van der Waals surface area contributed by atoms with Crippen molar-refractivity contribution in [3.63, 3.8) is 0 Å². The highest BCUT2D eigenvalue weighted by molar-refractivity contribution is 4.63. The average molecular weight is 184 g/mol. The molecule has 0 N–H and O–H groups in total. The minimum atomic E-state index is 0.584. The summed E-state index contributed by atoms with van der Waals surface area (Å²) in [6.07, 6.45) is 9.92. The lowest BCUT2D eigenvalue weighted by Crippen LogP contribution is -2.11. The van der Waals surface area contributed by atoms with Crippen LogP contribution in [0.4, 0.5) is 0 Å². The van der Waals surface area contributed by atoms with E-state index in [2.05, 4.69) is 13.8 Å². The SMILES string of the molecule is CC(C)CCCC1CCCCCO1. The Morgan fingerprint density at radius 3 is 2.85 bits per heavy atom. The number of hydrogen-bond donors (Lipinski definition) is 0. The molecule has 0 saturated carbocycles. The third-order valence-corrected chi connectivity index (χ3v) is 2.83. The van der Waals surface area contributed by atoms with Gasteiger partial charge in [-0.3, -0.25) is 0 Å². The highest BCUT2D eigenvalue weighted by atomic mass is 16.5. The molecule has 0 aliphatic carbocycles. The minimum absolute atomic E-state index is 0.584. The lowest BCUT2D eigenvalue weighted by Gasteiger charge is -2.15. The predicted octanol–water partition coefficient (Wildman–Crippen LogP) is 3.77. The molecule has 1 aliphatic heterocycles. The van der Waals surface area contributed by atoms with Gasteiger partial charge < -0.3 is 4.74 Å². The van der Waals surface area contributed by atoms with Crippen molar-refractivity contribution in [3.8, 4) is 0 Å². The zero-order valence-corrected chi connectivity index (χ0v) is 9.22. The van der Waals surface area contributed by atoms with Crippen molar-refractivity contribution in [2.45, 2.75) is 64.9 Å². The van der Waals surface area contributed by atoms with Crippen LogP contribution in [0.3, 0.4) is 0 Å². The third-order valence-electron chi connectivity index (χ3n) is 2.83. The summed E-state index contributed by atoms with van der Waals surface area (Å²) in [6, 6.07) is 0. The van der Waals surface area contributed by atoms with Crippen molar-refractivity contribution in [2.75, 3.05) is 6.61 Å². The first-order chi connectivity index (χ1) is 6.29. The first-order valence-corrected chi connectivity index (χ1v) is 5.90. The van der Waals surface area contributed by atoms with Gasteiger partial charge in [0.15, 0.2) is 0 Å². The van der Waals surface area contributed by atoms with Crippen molar-refractivity contribution in [3.05, 3.63) is 0 Å². The molecule has 1 saturated heterocycles. The van der Waals surface area contributed by atoms with Gasteiger partial charge in [-0.05, 0) is 25.2 Å². The smallest absolute Gasteiger partial charge is 0.0575 e. The van der Waals surface area contributed by atoms with Crippen molar-refractivity contribution in [2.24, 2.45) is 5.92 Å². The van der Waals surface area contributed by atoms with Gasteiger partial charge in [0, 0.05) is 6.61 Å². The molecular formula is C12H24O. The molecule has 1 unspecified atom stereocenters. The third kappa shape index (κ3) is 5.30. The topological polar surface area (TPSA) is 9.23 Å². The summed E-state index contributed by atoms with van der Waals surface area (Å²) in [4.78, 5) is 0. The molecule has 1 heteroatoms. The van der Waals surface area contributed by atoms with Gasteiger partial charge in [0.1, 0.15) is 0 Å². The van der Waals surface area contributed by atoms with E-state index in [1.54, 1.807) is 0 Å². The molecule has 1 heterocycles. The van der Waals surface area contributed by atoms with Gasteiger partial charge in [0.25, 0.3) is 0 Å². The second-order valence-electron chi connectivity index (χ2n) is 4.67. The van der Waals surface area contributed by atoms with Gasteiger partial charge in [-0.1, -0.05) is 39.5 Å². The zero-order chi connectivity index (χ0) is 9.52. The summed E-state index contributed by atoms with van der Waals surface area (Å²) in [5, 5.41) is 0. The molecule has 78 valence electrons. The van der Waals surface area contributed by atoms with E-state index in [9.17, 15) is 0 Å². The molecule has 0 aromatic rings. The minimum Gasteiger partial charge on any atom is -0.378 e.